The third-order valence-electron chi connectivity index (χ3n) is 6.04. The van der Waals surface area contributed by atoms with Crippen molar-refractivity contribution >= 4 is 36.7 Å². The van der Waals surface area contributed by atoms with Gasteiger partial charge in [0.05, 0.1) is 17.9 Å². The van der Waals surface area contributed by atoms with Crippen molar-refractivity contribution < 1.29 is 31.0 Å². The third-order valence-corrected chi connectivity index (χ3v) is 8.87. The molecular weight excluding hydrogens is 546 g/mol. The van der Waals surface area contributed by atoms with Gasteiger partial charge >= 0.3 is 6.18 Å². The van der Waals surface area contributed by atoms with Gasteiger partial charge in [-0.25, -0.2) is 22.9 Å². The Hall–Kier alpha value is -3.49. The molecule has 2 atom stereocenters. The topological polar surface area (TPSA) is 101 Å². The van der Waals surface area contributed by atoms with Gasteiger partial charge in [0.25, 0.3) is 0 Å². The number of fused-ring (bicyclic) bond motifs is 1. The van der Waals surface area contributed by atoms with E-state index in [2.05, 4.69) is 20.3 Å². The number of carbonyl (C=O) groups is 1. The molecule has 38 heavy (non-hydrogen) atoms. The van der Waals surface area contributed by atoms with Crippen molar-refractivity contribution in [1.29, 1.82) is 0 Å². The number of halogens is 4. The summed E-state index contributed by atoms with van der Waals surface area (Å²) in [6, 6.07) is 8.18. The summed E-state index contributed by atoms with van der Waals surface area (Å²) in [6.45, 7) is 0.305. The first kappa shape index (κ1) is 26.1. The lowest BCUT2D eigenvalue weighted by molar-refractivity contribution is -0.141. The fourth-order valence-corrected chi connectivity index (χ4v) is 6.57. The van der Waals surface area contributed by atoms with E-state index in [0.717, 1.165) is 12.3 Å². The number of aromatic nitrogens is 3. The number of benzene rings is 1. The molecule has 1 aromatic carbocycles. The zero-order valence-electron chi connectivity index (χ0n) is 19.4. The Morgan fingerprint density at radius 3 is 2.71 bits per heavy atom. The number of nitrogens with zero attached hydrogens (tertiary/aromatic N) is 4. The van der Waals surface area contributed by atoms with E-state index in [4.69, 9.17) is 15.6 Å². The van der Waals surface area contributed by atoms with Crippen LogP contribution in [0.1, 0.15) is 24.2 Å². The fourth-order valence-electron chi connectivity index (χ4n) is 4.18. The lowest BCUT2D eigenvalue weighted by atomic mass is 10.1. The number of alkyl halides is 3. The molecule has 1 saturated heterocycles. The zero-order valence-corrected chi connectivity index (χ0v) is 21.1. The van der Waals surface area contributed by atoms with Gasteiger partial charge in [-0.1, -0.05) is 0 Å². The van der Waals surface area contributed by atoms with Crippen molar-refractivity contribution in [1.82, 2.24) is 24.6 Å². The van der Waals surface area contributed by atoms with Crippen LogP contribution in [0, 0.1) is 5.82 Å². The molecule has 1 amide bonds. The van der Waals surface area contributed by atoms with Gasteiger partial charge in [0.2, 0.25) is 11.0 Å². The van der Waals surface area contributed by atoms with Crippen LogP contribution in [-0.2, 0) is 37.4 Å². The van der Waals surface area contributed by atoms with E-state index in [1.807, 2.05) is 0 Å². The van der Waals surface area contributed by atoms with Gasteiger partial charge in [0, 0.05) is 40.9 Å². The van der Waals surface area contributed by atoms with Crippen LogP contribution in [0.2, 0.25) is 0 Å². The molecule has 1 N–H and O–H groups in total. The van der Waals surface area contributed by atoms with E-state index in [1.165, 1.54) is 47.0 Å². The van der Waals surface area contributed by atoms with Gasteiger partial charge in [0.15, 0.2) is 8.68 Å². The van der Waals surface area contributed by atoms with Crippen LogP contribution in [-0.4, -0.2) is 42.0 Å². The zero-order chi connectivity index (χ0) is 27.1. The number of hydrogen-bond acceptors (Lipinski definition) is 7. The quantitative estimate of drug-likeness (QED) is 0.349. The molecule has 14 heteroatoms. The molecule has 4 heterocycles. The minimum absolute atomic E-state index is 0.00467. The van der Waals surface area contributed by atoms with Crippen LogP contribution in [0.4, 0.5) is 17.6 Å². The molecule has 3 aromatic heterocycles. The van der Waals surface area contributed by atoms with E-state index >= 15 is 0 Å². The van der Waals surface area contributed by atoms with Crippen LogP contribution in [0.5, 0.6) is 0 Å². The smallest absolute Gasteiger partial charge is 0.433 e. The monoisotopic (exact) mass is 565 g/mol. The van der Waals surface area contributed by atoms with Crippen LogP contribution in [0.25, 0.3) is 22.2 Å². The molecule has 0 aliphatic carbocycles. The predicted molar refractivity (Wildman–Crippen MR) is 132 cm³/mol. The Morgan fingerprint density at radius 2 is 1.97 bits per heavy atom. The average Bonchev–Trinajstić information content (AvgIpc) is 3.55. The number of nitrogens with one attached hydrogen (secondary N) is 1. The molecule has 0 saturated carbocycles. The molecule has 1 aliphatic rings. The molecule has 1 unspecified atom stereocenters. The van der Waals surface area contributed by atoms with Crippen molar-refractivity contribution in [3.05, 3.63) is 72.2 Å². The van der Waals surface area contributed by atoms with Crippen molar-refractivity contribution in [2.45, 2.75) is 36.7 Å². The molecular formula is C24H19F4N5O3S2. The second-order valence-corrected chi connectivity index (χ2v) is 11.7. The highest BCUT2D eigenvalue weighted by Gasteiger charge is 2.38. The van der Waals surface area contributed by atoms with Crippen molar-refractivity contribution in [3.63, 3.8) is 0 Å². The molecule has 0 spiro atoms. The summed E-state index contributed by atoms with van der Waals surface area (Å²) in [5, 5.41) is 3.15. The summed E-state index contributed by atoms with van der Waals surface area (Å²) in [6.07, 6.45) is -1.25. The van der Waals surface area contributed by atoms with Crippen LogP contribution >= 0.6 is 0 Å². The van der Waals surface area contributed by atoms with Gasteiger partial charge in [-0.2, -0.15) is 13.2 Å². The van der Waals surface area contributed by atoms with E-state index in [9.17, 15) is 26.6 Å². The van der Waals surface area contributed by atoms with Gasteiger partial charge in [0.1, 0.15) is 29.5 Å². The number of amides is 1. The van der Waals surface area contributed by atoms with E-state index in [0.29, 0.717) is 47.3 Å². The number of hydrogen-bond donors (Lipinski definition) is 1. The Balaban J connectivity index is 1.28. The number of pyridine rings is 1. The minimum Gasteiger partial charge on any atom is -0.446 e. The van der Waals surface area contributed by atoms with E-state index < -0.39 is 38.3 Å². The largest absolute Gasteiger partial charge is 0.446 e. The molecule has 8 nitrogen and oxygen atoms in total. The predicted octanol–water partition coefficient (Wildman–Crippen LogP) is 4.24. The molecule has 198 valence electrons. The molecule has 0 radical (unpaired) electrons. The number of carbonyl (C=O) groups excluding carboxylic acids is 1. The Kier molecular flexibility index (Phi) is 6.88. The first-order valence-electron chi connectivity index (χ1n) is 11.4. The van der Waals surface area contributed by atoms with E-state index in [1.54, 1.807) is 0 Å². The first-order chi connectivity index (χ1) is 18.0. The Labute approximate surface area is 218 Å². The molecule has 5 rings (SSSR count). The third kappa shape index (κ3) is 5.24. The van der Waals surface area contributed by atoms with Crippen LogP contribution < -0.4 is 5.32 Å². The summed E-state index contributed by atoms with van der Waals surface area (Å²) in [5.74, 6) is -0.889. The lowest BCUT2D eigenvalue weighted by Gasteiger charge is -2.24. The normalized spacial score (nSPS) is 17.9. The average molecular weight is 566 g/mol. The van der Waals surface area contributed by atoms with Gasteiger partial charge in [-0.3, -0.25) is 9.78 Å². The van der Waals surface area contributed by atoms with Gasteiger partial charge in [-0.05, 0) is 49.2 Å². The standard InChI is InChI=1S/C24H19F4N5O3S2/c25-16-4-5-20-15(8-16)9-22(36-20)38(35,37)33-7-1-2-19(33)23(34)30-12-17-10-18(32-13-31-17)14-3-6-21(29-11-14)24(26,27)28/h3-6,8-11,13,19H,1-2,7,12H2,(H,30,34)/t19-,38?/m0/s1. The van der Waals surface area contributed by atoms with E-state index in [-0.39, 0.29) is 11.6 Å². The number of rotatable bonds is 6. The molecule has 4 aromatic rings. The lowest BCUT2D eigenvalue weighted by Crippen LogP contribution is -2.45. The maximum atomic E-state index is 13.6. The minimum atomic E-state index is -4.55. The maximum absolute atomic E-state index is 13.6. The highest BCUT2D eigenvalue weighted by molar-refractivity contribution is 8.31. The second-order valence-electron chi connectivity index (χ2n) is 8.56. The number of furan rings is 1. The summed E-state index contributed by atoms with van der Waals surface area (Å²) in [5.41, 5.74) is 0.416. The molecule has 1 aliphatic heterocycles. The summed E-state index contributed by atoms with van der Waals surface area (Å²) >= 11 is 5.41. The summed E-state index contributed by atoms with van der Waals surface area (Å²) in [7, 11) is -3.34. The SMILES string of the molecule is O=C(NCc1cc(-c2ccc(C(F)(F)F)nc2)ncn1)[C@@H]1CCCN1S(=O)(=S)c1cc2cc(F)ccc2o1. The Morgan fingerprint density at radius 1 is 1.16 bits per heavy atom. The van der Waals surface area contributed by atoms with Crippen LogP contribution in [0.3, 0.4) is 0 Å². The maximum Gasteiger partial charge on any atom is 0.433 e. The second kappa shape index (κ2) is 10.0. The molecule has 1 fully saturated rings. The fraction of sp³-hybridized carbons (Fsp3) is 0.250. The van der Waals surface area contributed by atoms with Gasteiger partial charge < -0.3 is 9.73 Å². The van der Waals surface area contributed by atoms with Crippen LogP contribution in [0.15, 0.2) is 64.5 Å². The summed E-state index contributed by atoms with van der Waals surface area (Å²) in [4.78, 5) is 24.7. The Bertz CT molecular complexity index is 1610. The first-order valence-corrected chi connectivity index (χ1v) is 13.8. The highest BCUT2D eigenvalue weighted by atomic mass is 32.8. The van der Waals surface area contributed by atoms with Crippen molar-refractivity contribution in [2.75, 3.05) is 6.54 Å². The van der Waals surface area contributed by atoms with Crippen molar-refractivity contribution in [2.24, 2.45) is 0 Å². The van der Waals surface area contributed by atoms with Gasteiger partial charge in [-0.15, -0.1) is 0 Å². The van der Waals surface area contributed by atoms with Crippen molar-refractivity contribution in [3.8, 4) is 11.3 Å². The highest BCUT2D eigenvalue weighted by Crippen LogP contribution is 2.31. The summed E-state index contributed by atoms with van der Waals surface area (Å²) < 4.78 is 72.5. The molecule has 0 bridgehead atoms.